The molecule has 2 aliphatic rings. The lowest BCUT2D eigenvalue weighted by molar-refractivity contribution is -0.131. The molecule has 4 aromatic rings. The monoisotopic (exact) mass is 698 g/mol. The van der Waals surface area contributed by atoms with E-state index in [-0.39, 0.29) is 23.8 Å². The molecule has 4 aromatic carbocycles. The second kappa shape index (κ2) is 10.7. The number of anilines is 1. The van der Waals surface area contributed by atoms with E-state index in [9.17, 15) is 19.5 Å². The molecule has 206 valence electrons. The van der Waals surface area contributed by atoms with Crippen LogP contribution in [0.3, 0.4) is 0 Å². The second-order valence-electron chi connectivity index (χ2n) is 9.94. The lowest BCUT2D eigenvalue weighted by Crippen LogP contribution is -2.56. The van der Waals surface area contributed by atoms with Crippen LogP contribution in [0.2, 0.25) is 10.0 Å². The van der Waals surface area contributed by atoms with E-state index in [0.29, 0.717) is 38.4 Å². The molecule has 10 heteroatoms. The molecule has 41 heavy (non-hydrogen) atoms. The van der Waals surface area contributed by atoms with Gasteiger partial charge in [-0.1, -0.05) is 41.4 Å². The number of rotatable bonds is 5. The average molecular weight is 699 g/mol. The molecule has 6 rings (SSSR count). The Balaban J connectivity index is 1.56. The topological polar surface area (TPSA) is 105 Å². The summed E-state index contributed by atoms with van der Waals surface area (Å²) in [6, 6.07) is 23.2. The van der Waals surface area contributed by atoms with Crippen molar-refractivity contribution in [3.63, 3.8) is 0 Å². The summed E-state index contributed by atoms with van der Waals surface area (Å²) in [7, 11) is 0. The molecule has 2 aliphatic heterocycles. The van der Waals surface area contributed by atoms with Crippen LogP contribution in [0.5, 0.6) is 11.5 Å². The van der Waals surface area contributed by atoms with Crippen molar-refractivity contribution < 1.29 is 24.2 Å². The minimum absolute atomic E-state index is 0.0586. The molecule has 2 amide bonds. The number of fused-ring (bicyclic) bond motifs is 2. The summed E-state index contributed by atoms with van der Waals surface area (Å²) in [5.41, 5.74) is 1.49. The number of nitrogens with one attached hydrogen (secondary N) is 2. The van der Waals surface area contributed by atoms with Crippen molar-refractivity contribution in [3.05, 3.63) is 121 Å². The Morgan fingerprint density at radius 3 is 2.44 bits per heavy atom. The summed E-state index contributed by atoms with van der Waals surface area (Å²) in [5.74, 6) is -1.29. The van der Waals surface area contributed by atoms with Crippen LogP contribution in [0.15, 0.2) is 84.9 Å². The van der Waals surface area contributed by atoms with Gasteiger partial charge in [0.15, 0.2) is 0 Å². The second-order valence-corrected chi connectivity index (χ2v) is 12.1. The zero-order chi connectivity index (χ0) is 28.9. The van der Waals surface area contributed by atoms with Crippen LogP contribution in [0.4, 0.5) is 5.69 Å². The maximum atomic E-state index is 14.3. The normalized spacial score (nSPS) is 21.2. The van der Waals surface area contributed by atoms with Crippen LogP contribution < -0.4 is 15.4 Å². The van der Waals surface area contributed by atoms with Crippen LogP contribution in [0.25, 0.3) is 0 Å². The first-order chi connectivity index (χ1) is 19.7. The number of ether oxygens (including phenoxy) is 1. The number of benzene rings is 4. The molecule has 3 N–H and O–H groups in total. The molecule has 2 heterocycles. The van der Waals surface area contributed by atoms with E-state index in [4.69, 9.17) is 27.9 Å². The van der Waals surface area contributed by atoms with Crippen LogP contribution in [0, 0.1) is 3.57 Å². The molecule has 0 saturated carbocycles. The van der Waals surface area contributed by atoms with Gasteiger partial charge in [0.25, 0.3) is 0 Å². The number of amides is 2. The Bertz CT molecular complexity index is 1730. The third kappa shape index (κ3) is 4.83. The van der Waals surface area contributed by atoms with E-state index in [1.165, 1.54) is 12.1 Å². The zero-order valence-electron chi connectivity index (χ0n) is 21.2. The highest BCUT2D eigenvalue weighted by Gasteiger charge is 2.61. The van der Waals surface area contributed by atoms with E-state index < -0.39 is 23.3 Å². The molecule has 0 aromatic heterocycles. The summed E-state index contributed by atoms with van der Waals surface area (Å²) in [5, 5.41) is 16.4. The van der Waals surface area contributed by atoms with Crippen LogP contribution >= 0.6 is 45.8 Å². The molecule has 3 atom stereocenters. The predicted octanol–water partition coefficient (Wildman–Crippen LogP) is 7.32. The van der Waals surface area contributed by atoms with Crippen molar-refractivity contribution in [3.8, 4) is 11.5 Å². The van der Waals surface area contributed by atoms with Gasteiger partial charge in [-0.2, -0.15) is 0 Å². The SMILES string of the molecule is O=C1C[C@@H](c2cccc(Cl)c2)[C@]2(C(=O)Nc3cc(Cl)ccc32)[C@@H](c2cc(I)ccc2Oc2ccc(C(=O)O)cc2)N1. The van der Waals surface area contributed by atoms with E-state index in [1.807, 2.05) is 30.3 Å². The molecular formula is C31H21Cl2IN2O5. The Hall–Kier alpha value is -3.60. The smallest absolute Gasteiger partial charge is 0.335 e. The molecule has 7 nitrogen and oxygen atoms in total. The number of hydrogen-bond donors (Lipinski definition) is 3. The Labute approximate surface area is 259 Å². The molecule has 0 unspecified atom stereocenters. The fraction of sp³-hybridized carbons (Fsp3) is 0.129. The lowest BCUT2D eigenvalue weighted by atomic mass is 9.59. The quantitative estimate of drug-likeness (QED) is 0.190. The summed E-state index contributed by atoms with van der Waals surface area (Å²) in [6.07, 6.45) is 0.0586. The van der Waals surface area contributed by atoms with Crippen molar-refractivity contribution in [2.75, 3.05) is 5.32 Å². The molecule has 1 saturated heterocycles. The van der Waals surface area contributed by atoms with E-state index in [2.05, 4.69) is 33.2 Å². The van der Waals surface area contributed by atoms with Crippen molar-refractivity contribution >= 4 is 69.3 Å². The van der Waals surface area contributed by atoms with Crippen LogP contribution in [0.1, 0.15) is 45.4 Å². The van der Waals surface area contributed by atoms with Gasteiger partial charge in [0, 0.05) is 37.2 Å². The molecule has 0 aliphatic carbocycles. The minimum atomic E-state index is -1.27. The first kappa shape index (κ1) is 27.6. The van der Waals surface area contributed by atoms with Gasteiger partial charge in [0.1, 0.15) is 16.9 Å². The summed E-state index contributed by atoms with van der Waals surface area (Å²) >= 11 is 14.9. The van der Waals surface area contributed by atoms with Gasteiger partial charge < -0.3 is 20.5 Å². The Morgan fingerprint density at radius 1 is 0.951 bits per heavy atom. The molecule has 1 fully saturated rings. The highest BCUT2D eigenvalue weighted by Crippen LogP contribution is 2.58. The lowest BCUT2D eigenvalue weighted by Gasteiger charge is -2.46. The maximum Gasteiger partial charge on any atom is 0.335 e. The van der Waals surface area contributed by atoms with Gasteiger partial charge in [-0.3, -0.25) is 9.59 Å². The zero-order valence-corrected chi connectivity index (χ0v) is 24.8. The summed E-state index contributed by atoms with van der Waals surface area (Å²) in [4.78, 5) is 39.0. The van der Waals surface area contributed by atoms with E-state index in [0.717, 1.165) is 9.13 Å². The third-order valence-corrected chi connectivity index (χ3v) is 8.76. The fourth-order valence-electron chi connectivity index (χ4n) is 5.90. The first-order valence-corrected chi connectivity index (χ1v) is 14.5. The Kier molecular flexibility index (Phi) is 7.17. The summed E-state index contributed by atoms with van der Waals surface area (Å²) in [6.45, 7) is 0. The standard InChI is InChI=1S/C31H21Cl2IN2O5/c32-18-3-1-2-17(12-18)24-15-27(37)36-28(31(24)23-10-6-19(33)13-25(23)35-30(31)40)22-14-20(34)7-11-26(22)41-21-8-4-16(5-9-21)29(38)39/h1-14,24,28H,15H2,(H,35,40)(H,36,37)(H,38,39)/t24-,28+,31-/m0/s1. The summed E-state index contributed by atoms with van der Waals surface area (Å²) < 4.78 is 7.14. The van der Waals surface area contributed by atoms with E-state index in [1.54, 1.807) is 42.5 Å². The minimum Gasteiger partial charge on any atom is -0.478 e. The van der Waals surface area contributed by atoms with Crippen molar-refractivity contribution in [2.45, 2.75) is 23.8 Å². The number of aromatic carboxylic acids is 1. The van der Waals surface area contributed by atoms with E-state index >= 15 is 0 Å². The highest BCUT2D eigenvalue weighted by molar-refractivity contribution is 14.1. The number of hydrogen-bond acceptors (Lipinski definition) is 4. The molecular weight excluding hydrogens is 678 g/mol. The Morgan fingerprint density at radius 2 is 1.71 bits per heavy atom. The van der Waals surface area contributed by atoms with Crippen molar-refractivity contribution in [2.24, 2.45) is 0 Å². The number of carboxylic acids is 1. The number of carbonyl (C=O) groups excluding carboxylic acids is 2. The number of piperidine rings is 1. The van der Waals surface area contributed by atoms with Gasteiger partial charge in [-0.05, 0) is 100 Å². The molecule has 0 bridgehead atoms. The fourth-order valence-corrected chi connectivity index (χ4v) is 6.79. The number of carbonyl (C=O) groups is 3. The average Bonchev–Trinajstić information content (AvgIpc) is 3.22. The highest BCUT2D eigenvalue weighted by atomic mass is 127. The van der Waals surface area contributed by atoms with Crippen LogP contribution in [-0.2, 0) is 15.0 Å². The first-order valence-electron chi connectivity index (χ1n) is 12.6. The number of halogens is 3. The van der Waals surface area contributed by atoms with Gasteiger partial charge >= 0.3 is 5.97 Å². The van der Waals surface area contributed by atoms with Gasteiger partial charge in [0.05, 0.1) is 11.6 Å². The number of carboxylic acid groups (broad SMARTS) is 1. The molecule has 0 radical (unpaired) electrons. The van der Waals surface area contributed by atoms with Crippen molar-refractivity contribution in [1.29, 1.82) is 0 Å². The van der Waals surface area contributed by atoms with Crippen LogP contribution in [-0.4, -0.2) is 22.9 Å². The van der Waals surface area contributed by atoms with Crippen molar-refractivity contribution in [1.82, 2.24) is 5.32 Å². The third-order valence-electron chi connectivity index (χ3n) is 7.61. The maximum absolute atomic E-state index is 14.3. The molecule has 1 spiro atoms. The predicted molar refractivity (Wildman–Crippen MR) is 164 cm³/mol. The van der Waals surface area contributed by atoms with Gasteiger partial charge in [-0.15, -0.1) is 0 Å². The van der Waals surface area contributed by atoms with Gasteiger partial charge in [-0.25, -0.2) is 4.79 Å². The van der Waals surface area contributed by atoms with Gasteiger partial charge in [0.2, 0.25) is 11.8 Å². The largest absolute Gasteiger partial charge is 0.478 e.